The molecule has 0 unspecified atom stereocenters. The first-order valence-corrected chi connectivity index (χ1v) is 18.7. The predicted octanol–water partition coefficient (Wildman–Crippen LogP) is 7.64. The Balaban J connectivity index is 2.57. The number of allylic oxidation sites excluding steroid dienone is 2. The average Bonchev–Trinajstić information content (AvgIpc) is 3.27. The van der Waals surface area contributed by atoms with Crippen LogP contribution in [0.25, 0.3) is 6.08 Å². The van der Waals surface area contributed by atoms with Crippen molar-refractivity contribution in [2.75, 3.05) is 0 Å². The van der Waals surface area contributed by atoms with Gasteiger partial charge in [-0.3, -0.25) is 9.59 Å². The van der Waals surface area contributed by atoms with E-state index in [-0.39, 0.29) is 35.1 Å². The summed E-state index contributed by atoms with van der Waals surface area (Å²) in [6.07, 6.45) is 8.26. The van der Waals surface area contributed by atoms with Crippen LogP contribution in [0.1, 0.15) is 92.3 Å². The Bertz CT molecular complexity index is 1160. The highest BCUT2D eigenvalue weighted by molar-refractivity contribution is 7.09. The fourth-order valence-corrected chi connectivity index (χ4v) is 6.89. The SMILES string of the molecule is C/C1=C/C[C@@H](/C(C)=C/c2csc(C)n2)NC(=O)C[C@H](O[Si](C)(C)C(C)(C)C)C(C)(C)C(=O)[C@H](C)[C@@H](O)[C@@H](C)/C=C\C1. The lowest BCUT2D eigenvalue weighted by molar-refractivity contribution is -0.142. The number of nitrogens with zero attached hydrogens (tertiary/aromatic N) is 1. The number of aryl methyl sites for hydroxylation is 1. The van der Waals surface area contributed by atoms with Gasteiger partial charge in [0.1, 0.15) is 5.78 Å². The largest absolute Gasteiger partial charge is 0.412 e. The van der Waals surface area contributed by atoms with Crippen molar-refractivity contribution in [2.45, 2.75) is 125 Å². The molecule has 1 aliphatic heterocycles. The summed E-state index contributed by atoms with van der Waals surface area (Å²) in [5.74, 6) is -1.03. The van der Waals surface area contributed by atoms with Gasteiger partial charge in [0.15, 0.2) is 8.32 Å². The summed E-state index contributed by atoms with van der Waals surface area (Å²) in [6.45, 7) is 24.3. The third kappa shape index (κ3) is 9.57. The minimum absolute atomic E-state index is 0.0613. The molecule has 0 saturated heterocycles. The third-order valence-corrected chi connectivity index (χ3v) is 14.3. The van der Waals surface area contributed by atoms with Crippen molar-refractivity contribution < 1.29 is 19.1 Å². The first-order chi connectivity index (χ1) is 18.8. The Morgan fingerprint density at radius 3 is 2.41 bits per heavy atom. The summed E-state index contributed by atoms with van der Waals surface area (Å²) in [5, 5.41) is 17.3. The maximum atomic E-state index is 14.0. The van der Waals surface area contributed by atoms with Crippen molar-refractivity contribution in [3.05, 3.63) is 45.5 Å². The number of ketones is 1. The Hall–Kier alpha value is -1.87. The van der Waals surface area contributed by atoms with Crippen LogP contribution in [0.4, 0.5) is 0 Å². The first kappa shape index (κ1) is 35.3. The number of amides is 1. The van der Waals surface area contributed by atoms with Gasteiger partial charge in [0.05, 0.1) is 35.4 Å². The van der Waals surface area contributed by atoms with Crippen LogP contribution in [0.5, 0.6) is 0 Å². The van der Waals surface area contributed by atoms with Crippen LogP contribution >= 0.6 is 11.3 Å². The van der Waals surface area contributed by atoms with Gasteiger partial charge in [-0.2, -0.15) is 0 Å². The van der Waals surface area contributed by atoms with Gasteiger partial charge in [-0.25, -0.2) is 4.98 Å². The average molecular weight is 603 g/mol. The molecule has 0 spiro atoms. The van der Waals surface area contributed by atoms with E-state index in [0.717, 1.165) is 22.7 Å². The van der Waals surface area contributed by atoms with Crippen LogP contribution in [0.3, 0.4) is 0 Å². The number of thiazole rings is 1. The molecule has 0 fully saturated rings. The second-order valence-electron chi connectivity index (χ2n) is 14.0. The molecule has 0 radical (unpaired) electrons. The molecule has 5 atom stereocenters. The molecule has 230 valence electrons. The second kappa shape index (κ2) is 14.1. The van der Waals surface area contributed by atoms with E-state index in [4.69, 9.17) is 4.43 Å². The predicted molar refractivity (Wildman–Crippen MR) is 174 cm³/mol. The van der Waals surface area contributed by atoms with Crippen molar-refractivity contribution in [1.29, 1.82) is 0 Å². The van der Waals surface area contributed by atoms with Gasteiger partial charge in [0.25, 0.3) is 0 Å². The lowest BCUT2D eigenvalue weighted by Gasteiger charge is -2.44. The molecule has 41 heavy (non-hydrogen) atoms. The molecule has 2 rings (SSSR count). The number of hydrogen-bond acceptors (Lipinski definition) is 6. The maximum Gasteiger partial charge on any atom is 0.223 e. The Morgan fingerprint density at radius 1 is 1.22 bits per heavy atom. The number of aliphatic hydroxyl groups excluding tert-OH is 1. The van der Waals surface area contributed by atoms with Gasteiger partial charge in [-0.15, -0.1) is 11.3 Å². The molecule has 8 heteroatoms. The van der Waals surface area contributed by atoms with E-state index < -0.39 is 31.9 Å². The topological polar surface area (TPSA) is 88.5 Å². The Kier molecular flexibility index (Phi) is 12.1. The molecular formula is C33H54N2O4SSi. The van der Waals surface area contributed by atoms with E-state index in [1.165, 1.54) is 5.57 Å². The number of nitrogens with one attached hydrogen (secondary N) is 1. The van der Waals surface area contributed by atoms with E-state index in [2.05, 4.69) is 63.2 Å². The van der Waals surface area contributed by atoms with E-state index in [1.54, 1.807) is 18.3 Å². The molecule has 2 heterocycles. The van der Waals surface area contributed by atoms with Crippen molar-refractivity contribution in [2.24, 2.45) is 17.3 Å². The van der Waals surface area contributed by atoms with Crippen LogP contribution in [0.2, 0.25) is 18.1 Å². The van der Waals surface area contributed by atoms with E-state index in [1.807, 2.05) is 52.2 Å². The molecule has 0 aromatic carbocycles. The van der Waals surface area contributed by atoms with Crippen LogP contribution in [0, 0.1) is 24.2 Å². The summed E-state index contributed by atoms with van der Waals surface area (Å²) in [4.78, 5) is 32.3. The lowest BCUT2D eigenvalue weighted by atomic mass is 9.73. The number of aliphatic hydroxyl groups is 1. The highest BCUT2D eigenvalue weighted by Gasteiger charge is 2.48. The second-order valence-corrected chi connectivity index (χ2v) is 19.8. The molecule has 1 aromatic rings. The van der Waals surface area contributed by atoms with Gasteiger partial charge in [0, 0.05) is 22.6 Å². The van der Waals surface area contributed by atoms with E-state index in [0.29, 0.717) is 6.42 Å². The minimum Gasteiger partial charge on any atom is -0.412 e. The van der Waals surface area contributed by atoms with Crippen molar-refractivity contribution in [3.8, 4) is 0 Å². The van der Waals surface area contributed by atoms with E-state index >= 15 is 0 Å². The number of rotatable bonds is 4. The Labute approximate surface area is 253 Å². The maximum absolute atomic E-state index is 14.0. The zero-order valence-electron chi connectivity index (χ0n) is 27.4. The van der Waals surface area contributed by atoms with Crippen molar-refractivity contribution >= 4 is 37.4 Å². The van der Waals surface area contributed by atoms with Crippen LogP contribution in [-0.2, 0) is 14.0 Å². The van der Waals surface area contributed by atoms with Gasteiger partial charge in [0.2, 0.25) is 5.91 Å². The zero-order valence-corrected chi connectivity index (χ0v) is 29.2. The van der Waals surface area contributed by atoms with E-state index in [9.17, 15) is 14.7 Å². The molecule has 0 saturated carbocycles. The van der Waals surface area contributed by atoms with Gasteiger partial charge in [-0.1, -0.05) is 72.3 Å². The lowest BCUT2D eigenvalue weighted by Crippen LogP contribution is -2.53. The van der Waals surface area contributed by atoms with Crippen molar-refractivity contribution in [3.63, 3.8) is 0 Å². The summed E-state index contributed by atoms with van der Waals surface area (Å²) in [7, 11) is -2.35. The quantitative estimate of drug-likeness (QED) is 0.273. The monoisotopic (exact) mass is 602 g/mol. The smallest absolute Gasteiger partial charge is 0.223 e. The highest BCUT2D eigenvalue weighted by atomic mass is 32.1. The summed E-state index contributed by atoms with van der Waals surface area (Å²) >= 11 is 1.60. The van der Waals surface area contributed by atoms with Gasteiger partial charge in [-0.05, 0) is 63.4 Å². The molecule has 2 N–H and O–H groups in total. The molecule has 1 aliphatic rings. The first-order valence-electron chi connectivity index (χ1n) is 14.9. The normalized spacial score (nSPS) is 29.9. The van der Waals surface area contributed by atoms with Crippen LogP contribution in [-0.4, -0.2) is 48.3 Å². The molecule has 0 aliphatic carbocycles. The number of hydrogen-bond donors (Lipinski definition) is 2. The minimum atomic E-state index is -2.35. The summed E-state index contributed by atoms with van der Waals surface area (Å²) < 4.78 is 6.85. The third-order valence-electron chi connectivity index (χ3n) is 9.00. The summed E-state index contributed by atoms with van der Waals surface area (Å²) in [5.41, 5.74) is 2.10. The number of carbonyl (C=O) groups is 2. The van der Waals surface area contributed by atoms with Crippen LogP contribution < -0.4 is 5.32 Å². The number of aromatic nitrogens is 1. The summed E-state index contributed by atoms with van der Waals surface area (Å²) in [6, 6.07) is -0.219. The zero-order chi connectivity index (χ0) is 31.3. The highest BCUT2D eigenvalue weighted by Crippen LogP contribution is 2.42. The molecule has 0 bridgehead atoms. The Morgan fingerprint density at radius 2 is 1.85 bits per heavy atom. The molecule has 1 amide bonds. The molecular weight excluding hydrogens is 549 g/mol. The number of Topliss-reactive ketones (excluding diaryl/α,β-unsaturated/α-hetero) is 1. The fourth-order valence-electron chi connectivity index (χ4n) is 4.88. The molecule has 6 nitrogen and oxygen atoms in total. The van der Waals surface area contributed by atoms with Crippen molar-refractivity contribution in [1.82, 2.24) is 10.3 Å². The standard InChI is InChI=1S/C33H54N2O4SSi/c1-21-14-13-15-22(2)30(37)24(4)31(38)33(9,10)28(39-41(11,12)32(6,7)8)19-29(36)35-27(17-16-21)23(3)18-26-20-40-25(5)34-26/h13,15-16,18,20,22,24,27-28,30,37H,14,17,19H2,1-12H3,(H,35,36)/b15-13-,21-16-,23-18+/t22-,24+,27-,28-,30-/m0/s1. The van der Waals surface area contributed by atoms with Gasteiger partial charge < -0.3 is 14.8 Å². The van der Waals surface area contributed by atoms with Crippen LogP contribution in [0.15, 0.2) is 34.8 Å². The molecule has 1 aromatic heterocycles. The fraction of sp³-hybridized carbons (Fsp3) is 0.667. The number of carbonyl (C=O) groups excluding carboxylic acids is 2. The van der Waals surface area contributed by atoms with Gasteiger partial charge >= 0.3 is 0 Å².